The van der Waals surface area contributed by atoms with Crippen LogP contribution in [0.2, 0.25) is 0 Å². The van der Waals surface area contributed by atoms with Gasteiger partial charge in [0.1, 0.15) is 6.61 Å². The Kier molecular flexibility index (Phi) is 4.14. The van der Waals surface area contributed by atoms with E-state index < -0.39 is 5.97 Å². The number of aromatic nitrogens is 1. The normalized spacial score (nSPS) is 11.9. The molecule has 0 atom stereocenters. The van der Waals surface area contributed by atoms with E-state index in [-0.39, 0.29) is 11.1 Å². The summed E-state index contributed by atoms with van der Waals surface area (Å²) in [7, 11) is 3.94. The van der Waals surface area contributed by atoms with Crippen LogP contribution >= 0.6 is 0 Å². The highest BCUT2D eigenvalue weighted by Crippen LogP contribution is 2.23. The van der Waals surface area contributed by atoms with Crippen molar-refractivity contribution in [2.45, 2.75) is 19.4 Å². The molecule has 2 rings (SSSR count). The summed E-state index contributed by atoms with van der Waals surface area (Å²) in [5.74, 6) is -0.647. The van der Waals surface area contributed by atoms with Crippen molar-refractivity contribution >= 4 is 16.9 Å². The first-order chi connectivity index (χ1) is 9.81. The first kappa shape index (κ1) is 15.3. The average molecular weight is 288 g/mol. The van der Waals surface area contributed by atoms with Crippen molar-refractivity contribution < 1.29 is 14.6 Å². The number of fused-ring (bicyclic) bond motifs is 1. The molecule has 2 aromatic rings. The Bertz CT molecular complexity index is 666. The number of pyridine rings is 1. The van der Waals surface area contributed by atoms with E-state index in [9.17, 15) is 9.90 Å². The molecule has 5 heteroatoms. The number of benzene rings is 1. The van der Waals surface area contributed by atoms with Gasteiger partial charge in [0.2, 0.25) is 5.88 Å². The fourth-order valence-corrected chi connectivity index (χ4v) is 1.78. The van der Waals surface area contributed by atoms with Crippen molar-refractivity contribution in [3.8, 4) is 5.88 Å². The molecule has 0 aliphatic heterocycles. The van der Waals surface area contributed by atoms with Crippen molar-refractivity contribution in [1.29, 1.82) is 0 Å². The predicted octanol–water partition coefficient (Wildman–Crippen LogP) is 2.65. The quantitative estimate of drug-likeness (QED) is 0.916. The summed E-state index contributed by atoms with van der Waals surface area (Å²) in [6.07, 6.45) is 0. The molecule has 112 valence electrons. The average Bonchev–Trinajstić information content (AvgIpc) is 2.44. The lowest BCUT2D eigenvalue weighted by molar-refractivity contribution is 0.0697. The summed E-state index contributed by atoms with van der Waals surface area (Å²) in [6, 6.07) is 8.64. The number of likely N-dealkylation sites (N-methyl/N-ethyl adjacent to an activating group) is 1. The van der Waals surface area contributed by atoms with Crippen LogP contribution in [0.15, 0.2) is 30.3 Å². The van der Waals surface area contributed by atoms with Gasteiger partial charge in [-0.1, -0.05) is 18.2 Å². The maximum absolute atomic E-state index is 11.4. The second kappa shape index (κ2) is 5.69. The summed E-state index contributed by atoms with van der Waals surface area (Å²) in [5, 5.41) is 9.95. The molecule has 0 amide bonds. The fraction of sp³-hybridized carbons (Fsp3) is 0.375. The van der Waals surface area contributed by atoms with Crippen LogP contribution in [0.25, 0.3) is 10.9 Å². The van der Waals surface area contributed by atoms with Gasteiger partial charge in [0.15, 0.2) is 0 Å². The van der Waals surface area contributed by atoms with Gasteiger partial charge in [-0.25, -0.2) is 9.78 Å². The predicted molar refractivity (Wildman–Crippen MR) is 82.0 cm³/mol. The number of hydrogen-bond donors (Lipinski definition) is 1. The maximum Gasteiger partial charge on any atom is 0.336 e. The molecule has 1 aromatic heterocycles. The van der Waals surface area contributed by atoms with Gasteiger partial charge in [-0.15, -0.1) is 0 Å². The van der Waals surface area contributed by atoms with Crippen molar-refractivity contribution in [3.05, 3.63) is 35.9 Å². The van der Waals surface area contributed by atoms with Gasteiger partial charge >= 0.3 is 5.97 Å². The summed E-state index contributed by atoms with van der Waals surface area (Å²) in [5.41, 5.74) is 0.657. The Morgan fingerprint density at radius 1 is 1.33 bits per heavy atom. The molecule has 0 radical (unpaired) electrons. The molecule has 0 unspecified atom stereocenters. The molecule has 1 aromatic carbocycles. The number of carboxylic acid groups (broad SMARTS) is 1. The van der Waals surface area contributed by atoms with Gasteiger partial charge in [-0.05, 0) is 34.0 Å². The van der Waals surface area contributed by atoms with Gasteiger partial charge in [0.25, 0.3) is 0 Å². The summed E-state index contributed by atoms with van der Waals surface area (Å²) in [4.78, 5) is 17.8. The second-order valence-corrected chi connectivity index (χ2v) is 5.83. The van der Waals surface area contributed by atoms with Crippen LogP contribution in [0.1, 0.15) is 24.2 Å². The first-order valence-electron chi connectivity index (χ1n) is 6.74. The zero-order chi connectivity index (χ0) is 15.6. The smallest absolute Gasteiger partial charge is 0.336 e. The molecule has 0 aliphatic carbocycles. The lowest BCUT2D eigenvalue weighted by Gasteiger charge is -2.31. The number of carbonyl (C=O) groups is 1. The van der Waals surface area contributed by atoms with E-state index in [1.54, 1.807) is 18.2 Å². The van der Waals surface area contributed by atoms with Crippen LogP contribution in [-0.4, -0.2) is 47.2 Å². The van der Waals surface area contributed by atoms with Crippen molar-refractivity contribution in [3.63, 3.8) is 0 Å². The van der Waals surface area contributed by atoms with Crippen LogP contribution < -0.4 is 4.74 Å². The van der Waals surface area contributed by atoms with Crippen LogP contribution in [0.5, 0.6) is 5.88 Å². The van der Waals surface area contributed by atoms with E-state index in [0.717, 1.165) is 0 Å². The van der Waals surface area contributed by atoms with Crippen LogP contribution in [0, 0.1) is 0 Å². The molecule has 5 nitrogen and oxygen atoms in total. The van der Waals surface area contributed by atoms with E-state index in [4.69, 9.17) is 4.74 Å². The molecule has 0 fully saturated rings. The minimum Gasteiger partial charge on any atom is -0.478 e. The molecular weight excluding hydrogens is 268 g/mol. The molecule has 0 aliphatic rings. The molecule has 0 saturated heterocycles. The van der Waals surface area contributed by atoms with Crippen LogP contribution in [-0.2, 0) is 0 Å². The minimum absolute atomic E-state index is 0.170. The standard InChI is InChI=1S/C16H20N2O3/c1-16(2,18(3)4)10-21-14-9-12(15(19)20)11-7-5-6-8-13(11)17-14/h5-9H,10H2,1-4H3,(H,19,20). The van der Waals surface area contributed by atoms with E-state index >= 15 is 0 Å². The zero-order valence-electron chi connectivity index (χ0n) is 12.8. The molecular formula is C16H20N2O3. The van der Waals surface area contributed by atoms with Gasteiger partial charge in [0.05, 0.1) is 11.1 Å². The topological polar surface area (TPSA) is 62.7 Å². The summed E-state index contributed by atoms with van der Waals surface area (Å²) in [6.45, 7) is 4.52. The molecule has 0 saturated carbocycles. The second-order valence-electron chi connectivity index (χ2n) is 5.83. The molecule has 21 heavy (non-hydrogen) atoms. The Hall–Kier alpha value is -2.14. The largest absolute Gasteiger partial charge is 0.478 e. The highest BCUT2D eigenvalue weighted by atomic mass is 16.5. The SMILES string of the molecule is CN(C)C(C)(C)COc1cc(C(=O)O)c2ccccc2n1. The van der Waals surface area contributed by atoms with Crippen molar-refractivity contribution in [2.24, 2.45) is 0 Å². The minimum atomic E-state index is -0.981. The Morgan fingerprint density at radius 3 is 2.62 bits per heavy atom. The van der Waals surface area contributed by atoms with E-state index in [1.165, 1.54) is 6.07 Å². The number of rotatable bonds is 5. The third kappa shape index (κ3) is 3.31. The van der Waals surface area contributed by atoms with Gasteiger partial charge in [0, 0.05) is 17.0 Å². The number of aromatic carboxylic acids is 1. The monoisotopic (exact) mass is 288 g/mol. The van der Waals surface area contributed by atoms with Gasteiger partial charge in [-0.3, -0.25) is 0 Å². The molecule has 0 bridgehead atoms. The highest BCUT2D eigenvalue weighted by Gasteiger charge is 2.22. The lowest BCUT2D eigenvalue weighted by atomic mass is 10.1. The first-order valence-corrected chi connectivity index (χ1v) is 6.74. The molecule has 1 heterocycles. The van der Waals surface area contributed by atoms with Crippen LogP contribution in [0.3, 0.4) is 0 Å². The number of hydrogen-bond acceptors (Lipinski definition) is 4. The van der Waals surface area contributed by atoms with Gasteiger partial charge in [-0.2, -0.15) is 0 Å². The summed E-state index contributed by atoms with van der Waals surface area (Å²) < 4.78 is 5.71. The van der Waals surface area contributed by atoms with Crippen LogP contribution in [0.4, 0.5) is 0 Å². The molecule has 0 spiro atoms. The van der Waals surface area contributed by atoms with E-state index in [1.807, 2.05) is 38.9 Å². The van der Waals surface area contributed by atoms with Crippen molar-refractivity contribution in [2.75, 3.05) is 20.7 Å². The van der Waals surface area contributed by atoms with E-state index in [0.29, 0.717) is 23.4 Å². The number of ether oxygens (including phenoxy) is 1. The summed E-state index contributed by atoms with van der Waals surface area (Å²) >= 11 is 0. The third-order valence-corrected chi connectivity index (χ3v) is 3.71. The number of para-hydroxylation sites is 1. The lowest BCUT2D eigenvalue weighted by Crippen LogP contribution is -2.43. The Labute approximate surface area is 124 Å². The molecule has 1 N–H and O–H groups in total. The third-order valence-electron chi connectivity index (χ3n) is 3.71. The Balaban J connectivity index is 2.35. The Morgan fingerprint density at radius 2 is 2.00 bits per heavy atom. The number of nitrogens with zero attached hydrogens (tertiary/aromatic N) is 2. The number of carboxylic acids is 1. The zero-order valence-corrected chi connectivity index (χ0v) is 12.8. The van der Waals surface area contributed by atoms with Crippen molar-refractivity contribution in [1.82, 2.24) is 9.88 Å². The maximum atomic E-state index is 11.4. The van der Waals surface area contributed by atoms with Gasteiger partial charge < -0.3 is 14.7 Å². The van der Waals surface area contributed by atoms with E-state index in [2.05, 4.69) is 4.98 Å². The fourth-order valence-electron chi connectivity index (χ4n) is 1.78. The highest BCUT2D eigenvalue weighted by molar-refractivity contribution is 6.02.